The molecule has 0 saturated heterocycles. The summed E-state index contributed by atoms with van der Waals surface area (Å²) in [6, 6.07) is 7.22. The van der Waals surface area contributed by atoms with E-state index < -0.39 is 186 Å². The molecule has 0 aliphatic rings. The maximum Gasteiger partial charge on any atom is 0.245 e. The van der Waals surface area contributed by atoms with Gasteiger partial charge in [0.25, 0.3) is 0 Å². The van der Waals surface area contributed by atoms with Crippen LogP contribution in [0.4, 0.5) is 0 Å². The number of nitrogens with one attached hydrogen (secondary N) is 13. The van der Waals surface area contributed by atoms with Gasteiger partial charge in [0, 0.05) is 25.8 Å². The van der Waals surface area contributed by atoms with Crippen molar-refractivity contribution in [3.05, 3.63) is 108 Å². The number of amides is 14. The summed E-state index contributed by atoms with van der Waals surface area (Å²) in [5.41, 5.74) is 65.9. The number of unbranched alkanes of at least 4 members (excludes halogenated alkanes) is 7. The van der Waals surface area contributed by atoms with E-state index in [1.165, 1.54) is 0 Å². The molecule has 0 radical (unpaired) electrons. The zero-order chi connectivity index (χ0) is 94.9. The quantitative estimate of drug-likeness (QED) is 0.0146. The summed E-state index contributed by atoms with van der Waals surface area (Å²) in [6.07, 6.45) is 5.51. The van der Waals surface area contributed by atoms with E-state index in [0.717, 1.165) is 0 Å². The van der Waals surface area contributed by atoms with Gasteiger partial charge in [-0.3, -0.25) is 72.1 Å². The van der Waals surface area contributed by atoms with E-state index in [9.17, 15) is 48.3 Å². The Morgan fingerprint density at radius 1 is 0.273 bits per heavy atom. The number of rotatable bonds is 68. The molecule has 36 N–H and O–H groups in total. The van der Waals surface area contributed by atoms with Gasteiger partial charge in [-0.1, -0.05) is 125 Å². The Morgan fingerprint density at radius 3 is 0.750 bits per heavy atom. The van der Waals surface area contributed by atoms with E-state index in [0.29, 0.717) is 107 Å². The molecule has 0 aromatic heterocycles. The molecule has 0 aliphatic heterocycles. The zero-order valence-corrected chi connectivity index (χ0v) is 75.1. The highest BCUT2D eigenvalue weighted by Gasteiger charge is 2.39. The van der Waals surface area contributed by atoms with Crippen LogP contribution in [0.1, 0.15) is 192 Å². The second kappa shape index (κ2) is 64.0. The number of nitrogens with zero attached hydrogens (tertiary/aromatic N) is 1. The summed E-state index contributed by atoms with van der Waals surface area (Å²) in [6.45, 7) is 7.43. The van der Waals surface area contributed by atoms with Gasteiger partial charge in [-0.2, -0.15) is 0 Å². The number of nitrogens with two attached hydrogens (primary N) is 11. The van der Waals surface area contributed by atoms with Gasteiger partial charge in [-0.05, 0) is 216 Å². The number of aliphatic hydroxyl groups is 1. The van der Waals surface area contributed by atoms with Crippen molar-refractivity contribution < 1.29 is 72.2 Å². The number of aliphatic imine (C=N–C) groups is 1. The minimum atomic E-state index is -1.57. The van der Waals surface area contributed by atoms with Crippen LogP contribution in [0.3, 0.4) is 0 Å². The van der Waals surface area contributed by atoms with Gasteiger partial charge in [0.2, 0.25) is 82.7 Å². The minimum absolute atomic E-state index is 0.00440. The maximum absolute atomic E-state index is 15.4. The highest BCUT2D eigenvalue weighted by Crippen LogP contribution is 2.17. The van der Waals surface area contributed by atoms with Crippen molar-refractivity contribution in [1.82, 2.24) is 69.1 Å². The number of guanidine groups is 1. The third-order valence-electron chi connectivity index (χ3n) is 21.4. The Hall–Kier alpha value is -10.8. The second-order valence-electron chi connectivity index (χ2n) is 32.8. The summed E-state index contributed by atoms with van der Waals surface area (Å²) in [4.78, 5) is 206. The molecule has 0 saturated carbocycles. The van der Waals surface area contributed by atoms with E-state index in [2.05, 4.69) is 74.1 Å². The lowest BCUT2D eigenvalue weighted by molar-refractivity contribution is -0.137. The highest BCUT2D eigenvalue weighted by atomic mass is 16.3. The van der Waals surface area contributed by atoms with Crippen LogP contribution < -0.4 is 132 Å². The molecule has 0 fully saturated rings. The third-order valence-corrected chi connectivity index (χ3v) is 21.4. The summed E-state index contributed by atoms with van der Waals surface area (Å²) in [7, 11) is 0. The maximum atomic E-state index is 15.4. The Morgan fingerprint density at radius 2 is 0.492 bits per heavy atom. The number of carbonyl (C=O) groups excluding carboxylic acids is 14. The van der Waals surface area contributed by atoms with Crippen LogP contribution in [0, 0.1) is 11.8 Å². The highest BCUT2D eigenvalue weighted by molar-refractivity contribution is 6.00. The smallest absolute Gasteiger partial charge is 0.245 e. The summed E-state index contributed by atoms with van der Waals surface area (Å²) in [5, 5.41) is 45.9. The molecule has 3 rings (SSSR count). The number of aliphatic hydroxyl groups excluding tert-OH is 1. The molecule has 0 heterocycles. The van der Waals surface area contributed by atoms with Crippen molar-refractivity contribution in [1.29, 1.82) is 0 Å². The average Bonchev–Trinajstić information content (AvgIpc) is 0.836. The number of benzene rings is 3. The predicted molar refractivity (Wildman–Crippen MR) is 490 cm³/mol. The van der Waals surface area contributed by atoms with Gasteiger partial charge in [-0.25, -0.2) is 0 Å². The molecule has 14 atom stereocenters. The normalized spacial score (nSPS) is 14.5. The van der Waals surface area contributed by atoms with Crippen molar-refractivity contribution in [3.63, 3.8) is 0 Å². The van der Waals surface area contributed by atoms with Gasteiger partial charge < -0.3 is 137 Å². The summed E-state index contributed by atoms with van der Waals surface area (Å²) in [5.74, 6) is -12.7. The fraction of sp³-hybridized carbons (Fsp3) is 0.625. The van der Waals surface area contributed by atoms with Crippen molar-refractivity contribution in [2.24, 2.45) is 79.9 Å². The molecule has 716 valence electrons. The molecule has 0 aliphatic carbocycles. The molecule has 0 spiro atoms. The van der Waals surface area contributed by atoms with Crippen LogP contribution in [-0.2, 0) is 86.4 Å². The molecule has 128 heavy (non-hydrogen) atoms. The molecular formula is C88H149N25O15. The van der Waals surface area contributed by atoms with E-state index in [4.69, 9.17) is 63.1 Å². The lowest BCUT2D eigenvalue weighted by atomic mass is 9.99. The molecule has 3 aromatic rings. The molecular weight excluding hydrogens is 1650 g/mol. The van der Waals surface area contributed by atoms with Crippen molar-refractivity contribution in [2.45, 2.75) is 279 Å². The van der Waals surface area contributed by atoms with Crippen molar-refractivity contribution in [2.75, 3.05) is 59.0 Å². The van der Waals surface area contributed by atoms with E-state index in [1.807, 2.05) is 0 Å². The zero-order valence-electron chi connectivity index (χ0n) is 75.1. The molecule has 40 nitrogen and oxygen atoms in total. The molecule has 14 amide bonds. The van der Waals surface area contributed by atoms with Crippen LogP contribution >= 0.6 is 0 Å². The first kappa shape index (κ1) is 111. The SMILES string of the molecule is CC(C)[C@H](NC(=O)[C@H](CO)NC(=O)[C@H](CCCCN)NC(=O)[C@H](CCCCN)NC(=O)[C@@H](NC(=O)[C@H](CCCCN)NC(=O)[C@H](CCCCN)NC(=O)[C@H](Cc1ccccc1)NC(=O)[C@H](Cc1ccccc1)NC(=O)[C@H](CCCCN)NC(=O)[C@H](CCCCN)NC(=O)[C@H](Cc1ccccc1)NC(=O)[C@H](CCCN=C(N)N)NC(=O)[C@@H](N)CCCCN)C(C)C)C(N)=O. The Bertz CT molecular complexity index is 3870. The predicted octanol–water partition coefficient (Wildman–Crippen LogP) is -3.91. The first-order chi connectivity index (χ1) is 61.3. The lowest BCUT2D eigenvalue weighted by Crippen LogP contribution is -2.61. The number of primary amides is 1. The Labute approximate surface area is 752 Å². The van der Waals surface area contributed by atoms with Gasteiger partial charge in [0.15, 0.2) is 5.96 Å². The number of hydrogen-bond acceptors (Lipinski definition) is 24. The average molecular weight is 1800 g/mol. The van der Waals surface area contributed by atoms with Crippen LogP contribution in [0.2, 0.25) is 0 Å². The van der Waals surface area contributed by atoms with Crippen LogP contribution in [-0.4, -0.2) is 237 Å². The van der Waals surface area contributed by atoms with Crippen LogP contribution in [0.5, 0.6) is 0 Å². The van der Waals surface area contributed by atoms with Gasteiger partial charge in [0.05, 0.1) is 12.6 Å². The Balaban J connectivity index is 2.08. The van der Waals surface area contributed by atoms with E-state index in [1.54, 1.807) is 119 Å². The first-order valence-electron chi connectivity index (χ1n) is 45.0. The molecule has 40 heteroatoms. The van der Waals surface area contributed by atoms with Crippen molar-refractivity contribution in [3.8, 4) is 0 Å². The molecule has 3 aromatic carbocycles. The van der Waals surface area contributed by atoms with Crippen molar-refractivity contribution >= 4 is 88.7 Å². The molecule has 0 unspecified atom stereocenters. The van der Waals surface area contributed by atoms with E-state index >= 15 is 24.0 Å². The van der Waals surface area contributed by atoms with Gasteiger partial charge in [0.1, 0.15) is 78.5 Å². The van der Waals surface area contributed by atoms with Gasteiger partial charge in [-0.15, -0.1) is 0 Å². The van der Waals surface area contributed by atoms with Gasteiger partial charge >= 0.3 is 0 Å². The summed E-state index contributed by atoms with van der Waals surface area (Å²) >= 11 is 0. The van der Waals surface area contributed by atoms with E-state index in [-0.39, 0.29) is 135 Å². The Kier molecular flexibility index (Phi) is 55.6. The lowest BCUT2D eigenvalue weighted by Gasteiger charge is -2.29. The standard InChI is InChI=1S/C88H149N25O15/c1-55(2)72(74(97)115)112-86(127)71(54-114)111-81(122)64(39-18-25-47-93)103-78(119)65(40-19-26-48-94)107-87(128)73(56(3)4)113-82(123)66(41-20-27-49-95)104-77(118)62(37-16-23-45-91)106-84(125)69(52-58-31-10-6-11-32-58)110-85(126)70(53-59-33-12-7-13-34-59)109-79(120)63(38-17-24-46-92)102-76(117)61(36-15-22-44-90)105-83(124)68(51-57-29-8-5-9-30-57)108-80(121)67(42-28-50-100-88(98)99)101-75(116)60(96)35-14-21-43-89/h5-13,29-34,55-56,60-73,114H,14-28,35-54,89-96H2,1-4H3,(H2,97,115)(H,101,116)(H,102,117)(H,103,119)(H,104,118)(H,105,124)(H,106,125)(H,107,128)(H,108,121)(H,109,120)(H,110,126)(H,111,122)(H,112,127)(H,113,123)(H4,98,99,100)/t60-,61-,62-,63-,64-,65-,66-,67-,68-,69-,70-,71-,72-,73-/m0/s1. The first-order valence-corrected chi connectivity index (χ1v) is 45.0. The van der Waals surface area contributed by atoms with Crippen LogP contribution in [0.15, 0.2) is 96.0 Å². The largest absolute Gasteiger partial charge is 0.394 e. The summed E-state index contributed by atoms with van der Waals surface area (Å²) < 4.78 is 0. The second-order valence-corrected chi connectivity index (χ2v) is 32.8. The number of hydrogen-bond donors (Lipinski definition) is 25. The van der Waals surface area contributed by atoms with Crippen LogP contribution in [0.25, 0.3) is 0 Å². The monoisotopic (exact) mass is 1800 g/mol. The third kappa shape index (κ3) is 43.8. The fourth-order valence-electron chi connectivity index (χ4n) is 14.0. The molecule has 0 bridgehead atoms. The minimum Gasteiger partial charge on any atom is -0.394 e. The number of carbonyl (C=O) groups is 14. The fourth-order valence-corrected chi connectivity index (χ4v) is 14.0. The topological polar surface area (TPSA) is 714 Å².